The highest BCUT2D eigenvalue weighted by atomic mass is 32.2. The summed E-state index contributed by atoms with van der Waals surface area (Å²) in [6.07, 6.45) is 7.54. The van der Waals surface area contributed by atoms with E-state index in [9.17, 15) is 52.7 Å². The number of primary amides is 1. The molecule has 0 aliphatic carbocycles. The smallest absolute Gasteiger partial charge is 0.408 e. The van der Waals surface area contributed by atoms with Gasteiger partial charge in [-0.1, -0.05) is 109 Å². The molecule has 4 aromatic rings. The highest BCUT2D eigenvalue weighted by Gasteiger charge is 2.44. The third-order valence-corrected chi connectivity index (χ3v) is 20.8. The number of hydrogen-bond donors (Lipinski definition) is 6. The summed E-state index contributed by atoms with van der Waals surface area (Å²) in [6, 6.07) is 13.7. The molecule has 1 aliphatic heterocycles. The molecule has 27 heteroatoms. The second-order valence-electron chi connectivity index (χ2n) is 28.0. The number of methoxy groups -OCH3 is 2. The number of likely N-dealkylation sites (tertiary alicyclic amines) is 1. The van der Waals surface area contributed by atoms with E-state index in [1.807, 2.05) is 69.4 Å². The number of anilines is 1. The minimum Gasteiger partial charge on any atom is -0.445 e. The molecule has 1 saturated heterocycles. The van der Waals surface area contributed by atoms with Crippen LogP contribution in [-0.4, -0.2) is 173 Å². The predicted molar refractivity (Wildman–Crippen MR) is 392 cm³/mol. The summed E-state index contributed by atoms with van der Waals surface area (Å²) in [7, 11) is 4.79. The quantitative estimate of drug-likeness (QED) is 0.0136. The van der Waals surface area contributed by atoms with Crippen molar-refractivity contribution in [1.82, 2.24) is 46.0 Å². The van der Waals surface area contributed by atoms with Crippen molar-refractivity contribution in [2.24, 2.45) is 47.2 Å². The number of hydrogen-bond acceptors (Lipinski definition) is 19. The number of amides is 8. The normalized spacial score (nSPS) is 16.0. The first kappa shape index (κ1) is 84.6. The molecular weight excluding hydrogens is 1340 g/mol. The summed E-state index contributed by atoms with van der Waals surface area (Å²) < 4.78 is 17.8. The summed E-state index contributed by atoms with van der Waals surface area (Å²) in [4.78, 5) is 166. The summed E-state index contributed by atoms with van der Waals surface area (Å²) >= 11 is 2.87. The minimum atomic E-state index is -1.49. The van der Waals surface area contributed by atoms with Gasteiger partial charge in [-0.25, -0.2) is 24.5 Å². The Bertz CT molecular complexity index is 3400. The molecule has 1 aliphatic rings. The second kappa shape index (κ2) is 41.9. The summed E-state index contributed by atoms with van der Waals surface area (Å²) in [5, 5.41) is 17.0. The monoisotopic (exact) mass is 1450 g/mol. The first-order valence-corrected chi connectivity index (χ1v) is 37.5. The Labute approximate surface area is 609 Å². The first-order valence-electron chi connectivity index (χ1n) is 35.4. The number of carbonyl (C=O) groups is 11. The lowest BCUT2D eigenvalue weighted by molar-refractivity contribution is -0.149. The van der Waals surface area contributed by atoms with E-state index in [4.69, 9.17) is 19.9 Å². The Hall–Kier alpha value is -8.01. The molecule has 560 valence electrons. The molecule has 5 rings (SSSR count). The van der Waals surface area contributed by atoms with Gasteiger partial charge in [-0.2, -0.15) is 0 Å². The van der Waals surface area contributed by atoms with Gasteiger partial charge in [0.15, 0.2) is 16.7 Å². The molecule has 8 amide bonds. The fourth-order valence-corrected chi connectivity index (χ4v) is 14.2. The third kappa shape index (κ3) is 26.0. The number of thioether (sulfide) groups is 1. The van der Waals surface area contributed by atoms with Gasteiger partial charge in [0.1, 0.15) is 18.2 Å². The van der Waals surface area contributed by atoms with Crippen LogP contribution in [0.3, 0.4) is 0 Å². The molecule has 0 spiro atoms. The van der Waals surface area contributed by atoms with Crippen LogP contribution >= 0.6 is 23.1 Å². The van der Waals surface area contributed by atoms with Crippen molar-refractivity contribution in [3.63, 3.8) is 0 Å². The van der Waals surface area contributed by atoms with Crippen LogP contribution in [0.4, 0.5) is 15.3 Å². The van der Waals surface area contributed by atoms with Crippen molar-refractivity contribution in [3.05, 3.63) is 100 Å². The zero-order valence-corrected chi connectivity index (χ0v) is 63.5. The number of ether oxygens (including phenoxy) is 3. The van der Waals surface area contributed by atoms with Gasteiger partial charge in [-0.15, -0.1) is 11.3 Å². The molecule has 0 saturated carbocycles. The molecule has 102 heavy (non-hydrogen) atoms. The number of nitrogens with one attached hydrogen (secondary N) is 5. The van der Waals surface area contributed by atoms with E-state index in [0.29, 0.717) is 48.6 Å². The molecule has 7 N–H and O–H groups in total. The van der Waals surface area contributed by atoms with Crippen molar-refractivity contribution in [2.45, 2.75) is 206 Å². The van der Waals surface area contributed by atoms with Crippen LogP contribution in [0.15, 0.2) is 83.7 Å². The van der Waals surface area contributed by atoms with Crippen molar-refractivity contribution < 1.29 is 67.0 Å². The van der Waals surface area contributed by atoms with Crippen molar-refractivity contribution in [1.29, 1.82) is 0 Å². The molecule has 2 aromatic carbocycles. The van der Waals surface area contributed by atoms with Crippen LogP contribution in [0.25, 0.3) is 0 Å². The lowest BCUT2D eigenvalue weighted by Crippen LogP contribution is -2.55. The van der Waals surface area contributed by atoms with E-state index in [0.717, 1.165) is 17.0 Å². The Kier molecular flexibility index (Phi) is 34.8. The number of Topliss-reactive ketones (excluding diaryl/α,β-unsaturated/α-hetero) is 4. The summed E-state index contributed by atoms with van der Waals surface area (Å²) in [5.41, 5.74) is 6.07. The van der Waals surface area contributed by atoms with Crippen molar-refractivity contribution >= 4 is 93.6 Å². The molecule has 3 heterocycles. The number of nitrogens with zero attached hydrogens (tertiary/aromatic N) is 5. The summed E-state index contributed by atoms with van der Waals surface area (Å²) in [5.74, 6) is -7.01. The van der Waals surface area contributed by atoms with Gasteiger partial charge < -0.3 is 61.1 Å². The standard InChI is InChI=1S/C75H109N11O14S2/c1-15-47(6)65(61(98-12)41-63(91)86-34-21-26-58(86)66(99-13)49(8)59(88)39-54(70-78-33-35-102-70)37-50-22-17-16-18-23-50)85(11)71(95)57(45(2)3)40-62(90)75(9,10)84-74(97)100-44-51-27-29-56(30-28-51)82-68(93)53(25-20-32-79-72(76)96)38-60(89)64(46(4)5)83-69(94)52(36-48(7)87)24-19-31-77-67(92)55-42-80-73(101-14)81-43-55/h16-18,22-23,27-30,33,35,42-43,45-47,49,52-54,57-58,61,64-66H,15,19-21,24-26,31-32,34,36-41,44H2,1-14H3,(H,77,92)(H,82,93)(H,83,94)(H,84,97)(H3,76,79,96)/t47-,49-,52+,53+,54+,57-,58-,61+,64-,65-,66+/m0/s1. The van der Waals surface area contributed by atoms with Crippen LogP contribution in [-0.2, 0) is 65.6 Å². The number of likely N-dealkylation sites (N-methyl/N-ethyl adjacent to an activating group) is 1. The number of nitrogens with two attached hydrogens (primary N) is 1. The predicted octanol–water partition coefficient (Wildman–Crippen LogP) is 9.71. The zero-order chi connectivity index (χ0) is 75.4. The minimum absolute atomic E-state index is 0.0303. The van der Waals surface area contributed by atoms with Crippen LogP contribution < -0.4 is 32.3 Å². The van der Waals surface area contributed by atoms with Gasteiger partial charge >= 0.3 is 12.1 Å². The maximum Gasteiger partial charge on any atom is 0.408 e. The highest BCUT2D eigenvalue weighted by molar-refractivity contribution is 7.98. The van der Waals surface area contributed by atoms with E-state index in [1.165, 1.54) is 63.4 Å². The number of urea groups is 1. The van der Waals surface area contributed by atoms with Gasteiger partial charge in [0.05, 0.1) is 52.9 Å². The Morgan fingerprint density at radius 2 is 1.42 bits per heavy atom. The Balaban J connectivity index is 1.16. The largest absolute Gasteiger partial charge is 0.445 e. The fourth-order valence-electron chi connectivity index (χ4n) is 13.1. The van der Waals surface area contributed by atoms with Gasteiger partial charge in [-0.3, -0.25) is 38.4 Å². The Morgan fingerprint density at radius 1 is 0.775 bits per heavy atom. The third-order valence-electron chi connectivity index (χ3n) is 19.3. The molecule has 2 aromatic heterocycles. The average molecular weight is 1450 g/mol. The number of aromatic nitrogens is 3. The maximum absolute atomic E-state index is 14.8. The fraction of sp³-hybridized carbons (Fsp3) is 0.600. The molecule has 1 fully saturated rings. The summed E-state index contributed by atoms with van der Waals surface area (Å²) in [6.45, 7) is 18.1. The van der Waals surface area contributed by atoms with Crippen molar-refractivity contribution in [3.8, 4) is 0 Å². The van der Waals surface area contributed by atoms with E-state index < -0.39 is 101 Å². The van der Waals surface area contributed by atoms with Gasteiger partial charge in [-0.05, 0) is 113 Å². The highest BCUT2D eigenvalue weighted by Crippen LogP contribution is 2.34. The van der Waals surface area contributed by atoms with Gasteiger partial charge in [0.2, 0.25) is 23.6 Å². The topological polar surface area (TPSA) is 347 Å². The van der Waals surface area contributed by atoms with Gasteiger partial charge in [0.25, 0.3) is 5.91 Å². The number of alkyl carbamates (subject to hydrolysis) is 1. The second-order valence-corrected chi connectivity index (χ2v) is 29.7. The van der Waals surface area contributed by atoms with Crippen LogP contribution in [0.1, 0.15) is 179 Å². The van der Waals surface area contributed by atoms with Crippen LogP contribution in [0.5, 0.6) is 0 Å². The number of thiazole rings is 1. The molecule has 25 nitrogen and oxygen atoms in total. The lowest BCUT2D eigenvalue weighted by Gasteiger charge is -2.41. The van der Waals surface area contributed by atoms with E-state index in [-0.39, 0.29) is 124 Å². The van der Waals surface area contributed by atoms with E-state index >= 15 is 0 Å². The average Bonchev–Trinajstić information content (AvgIpc) is 1.22. The van der Waals surface area contributed by atoms with Crippen LogP contribution in [0.2, 0.25) is 0 Å². The molecule has 0 unspecified atom stereocenters. The maximum atomic E-state index is 14.8. The molecular formula is C75H109N11O14S2. The Morgan fingerprint density at radius 3 is 1.99 bits per heavy atom. The van der Waals surface area contributed by atoms with E-state index in [2.05, 4.69) is 53.7 Å². The SMILES string of the molecule is CC[C@H](C)[C@@H]([C@@H](CC(=O)N1CCC[C@H]1[C@H](OC)[C@@H](C)C(=O)C[C@@H](Cc1ccccc1)c1nccs1)OC)N(C)C(=O)[C@@H](CC(=O)C(C)(C)NC(=O)OCc1ccc(NC(=O)[C@H](CCCNC(N)=O)CC(=O)[C@@H](NC(=O)[C@H](CCCNC(=O)c2cnc(SC)nc2)CC(C)=O)C(C)C)cc1)C(C)C. The number of carbonyl (C=O) groups excluding carboxylic acids is 11. The molecule has 11 atom stereocenters. The number of ketones is 4. The first-order chi connectivity index (χ1) is 48.4. The number of rotatable bonds is 44. The molecule has 0 bridgehead atoms. The zero-order valence-electron chi connectivity index (χ0n) is 61.9. The van der Waals surface area contributed by atoms with Crippen LogP contribution in [0, 0.1) is 41.4 Å². The van der Waals surface area contributed by atoms with E-state index in [1.54, 1.807) is 63.4 Å². The molecule has 0 radical (unpaired) electrons. The lowest BCUT2D eigenvalue weighted by atomic mass is 9.83. The van der Waals surface area contributed by atoms with Gasteiger partial charge in [0, 0.05) is 126 Å². The number of benzene rings is 2. The van der Waals surface area contributed by atoms with Crippen molar-refractivity contribution in [2.75, 3.05) is 52.5 Å².